The Morgan fingerprint density at radius 1 is 1.35 bits per heavy atom. The molecule has 4 heterocycles. The van der Waals surface area contributed by atoms with Crippen LogP contribution in [-0.4, -0.2) is 47.2 Å². The molecule has 2 aromatic rings. The van der Waals surface area contributed by atoms with Gasteiger partial charge >= 0.3 is 0 Å². The number of amides is 1. The number of piperidine rings is 1. The van der Waals surface area contributed by atoms with Crippen LogP contribution in [0.5, 0.6) is 0 Å². The molecule has 0 saturated carbocycles. The number of rotatable bonds is 4. The topological polar surface area (TPSA) is 64.8 Å². The summed E-state index contributed by atoms with van der Waals surface area (Å²) in [7, 11) is 0. The molecule has 2 aliphatic heterocycles. The molecule has 1 spiro atoms. The Labute approximate surface area is 153 Å². The van der Waals surface area contributed by atoms with E-state index in [2.05, 4.69) is 4.98 Å². The zero-order chi connectivity index (χ0) is 18.0. The van der Waals surface area contributed by atoms with Gasteiger partial charge in [0.2, 0.25) is 0 Å². The maximum absolute atomic E-state index is 12.4. The van der Waals surface area contributed by atoms with E-state index < -0.39 is 0 Å². The minimum absolute atomic E-state index is 0.0323. The SMILES string of the molecule is Cc1cccc(CO[C@@H]2COC3(CCN(C(=O)c4ccoc4)CC3)C2)n1. The summed E-state index contributed by atoms with van der Waals surface area (Å²) in [5.41, 5.74) is 2.41. The lowest BCUT2D eigenvalue weighted by Crippen LogP contribution is -2.46. The zero-order valence-electron chi connectivity index (χ0n) is 15.0. The first-order valence-corrected chi connectivity index (χ1v) is 9.13. The van der Waals surface area contributed by atoms with Gasteiger partial charge in [-0.1, -0.05) is 6.07 Å². The Hall–Kier alpha value is -2.18. The van der Waals surface area contributed by atoms with Crippen LogP contribution in [-0.2, 0) is 16.1 Å². The average molecular weight is 356 g/mol. The first-order valence-electron chi connectivity index (χ1n) is 9.13. The van der Waals surface area contributed by atoms with Gasteiger partial charge in [0.05, 0.1) is 42.4 Å². The summed E-state index contributed by atoms with van der Waals surface area (Å²) in [6.07, 6.45) is 5.70. The molecule has 4 rings (SSSR count). The standard InChI is InChI=1S/C20H24N2O4/c1-15-3-2-4-17(21-15)13-25-18-11-20(26-14-18)6-8-22(9-7-20)19(23)16-5-10-24-12-16/h2-5,10,12,18H,6-9,11,13-14H2,1H3/t18-/m0/s1. The van der Waals surface area contributed by atoms with Gasteiger partial charge < -0.3 is 18.8 Å². The van der Waals surface area contributed by atoms with Crippen LogP contribution >= 0.6 is 0 Å². The molecule has 1 amide bonds. The summed E-state index contributed by atoms with van der Waals surface area (Å²) < 4.78 is 17.2. The fraction of sp³-hybridized carbons (Fsp3) is 0.500. The van der Waals surface area contributed by atoms with E-state index in [4.69, 9.17) is 13.9 Å². The van der Waals surface area contributed by atoms with Crippen molar-refractivity contribution < 1.29 is 18.7 Å². The van der Waals surface area contributed by atoms with E-state index in [0.717, 1.165) is 30.7 Å². The van der Waals surface area contributed by atoms with Crippen molar-refractivity contribution in [3.05, 3.63) is 53.7 Å². The number of nitrogens with zero attached hydrogens (tertiary/aromatic N) is 2. The summed E-state index contributed by atoms with van der Waals surface area (Å²) in [6, 6.07) is 7.68. The number of carbonyl (C=O) groups is 1. The molecule has 1 atom stereocenters. The van der Waals surface area contributed by atoms with E-state index in [1.54, 1.807) is 6.07 Å². The van der Waals surface area contributed by atoms with Crippen LogP contribution in [0, 0.1) is 6.92 Å². The summed E-state index contributed by atoms with van der Waals surface area (Å²) in [4.78, 5) is 18.8. The molecule has 26 heavy (non-hydrogen) atoms. The number of aromatic nitrogens is 1. The Balaban J connectivity index is 1.28. The summed E-state index contributed by atoms with van der Waals surface area (Å²) in [6.45, 7) is 4.51. The third-order valence-electron chi connectivity index (χ3n) is 5.32. The number of carbonyl (C=O) groups excluding carboxylic acids is 1. The molecular formula is C20H24N2O4. The second-order valence-corrected chi connectivity index (χ2v) is 7.21. The first-order chi connectivity index (χ1) is 12.6. The minimum atomic E-state index is -0.155. The van der Waals surface area contributed by atoms with E-state index in [0.29, 0.717) is 31.9 Å². The van der Waals surface area contributed by atoms with E-state index in [1.807, 2.05) is 30.0 Å². The van der Waals surface area contributed by atoms with Crippen LogP contribution < -0.4 is 0 Å². The van der Waals surface area contributed by atoms with Crippen molar-refractivity contribution in [3.8, 4) is 0 Å². The number of furan rings is 1. The van der Waals surface area contributed by atoms with Gasteiger partial charge in [0.1, 0.15) is 6.26 Å². The van der Waals surface area contributed by atoms with Gasteiger partial charge in [-0.3, -0.25) is 9.78 Å². The fourth-order valence-electron chi connectivity index (χ4n) is 3.83. The van der Waals surface area contributed by atoms with Gasteiger partial charge in [-0.05, 0) is 38.0 Å². The molecular weight excluding hydrogens is 332 g/mol. The number of hydrogen-bond acceptors (Lipinski definition) is 5. The summed E-state index contributed by atoms with van der Waals surface area (Å²) in [5, 5.41) is 0. The third-order valence-corrected chi connectivity index (χ3v) is 5.32. The van der Waals surface area contributed by atoms with Crippen molar-refractivity contribution in [2.24, 2.45) is 0 Å². The molecule has 0 aliphatic carbocycles. The van der Waals surface area contributed by atoms with E-state index in [1.165, 1.54) is 12.5 Å². The average Bonchev–Trinajstić information content (AvgIpc) is 3.31. The van der Waals surface area contributed by atoms with Crippen LogP contribution in [0.2, 0.25) is 0 Å². The number of aryl methyl sites for hydroxylation is 1. The van der Waals surface area contributed by atoms with Gasteiger partial charge in [-0.2, -0.15) is 0 Å². The van der Waals surface area contributed by atoms with Crippen molar-refractivity contribution in [2.75, 3.05) is 19.7 Å². The molecule has 2 aliphatic rings. The molecule has 2 saturated heterocycles. The molecule has 0 unspecified atom stereocenters. The van der Waals surface area contributed by atoms with E-state index >= 15 is 0 Å². The molecule has 6 nitrogen and oxygen atoms in total. The van der Waals surface area contributed by atoms with Crippen molar-refractivity contribution >= 4 is 5.91 Å². The van der Waals surface area contributed by atoms with Crippen LogP contribution in [0.1, 0.15) is 41.0 Å². The van der Waals surface area contributed by atoms with Gasteiger partial charge in [-0.15, -0.1) is 0 Å². The lowest BCUT2D eigenvalue weighted by atomic mass is 9.88. The van der Waals surface area contributed by atoms with Crippen molar-refractivity contribution in [1.29, 1.82) is 0 Å². The molecule has 138 valence electrons. The van der Waals surface area contributed by atoms with Crippen LogP contribution in [0.25, 0.3) is 0 Å². The molecule has 0 aromatic carbocycles. The number of pyridine rings is 1. The second kappa shape index (κ2) is 7.21. The third kappa shape index (κ3) is 3.66. The highest BCUT2D eigenvalue weighted by Gasteiger charge is 2.44. The monoisotopic (exact) mass is 356 g/mol. The number of likely N-dealkylation sites (tertiary alicyclic amines) is 1. The number of ether oxygens (including phenoxy) is 2. The Morgan fingerprint density at radius 2 is 2.19 bits per heavy atom. The molecule has 2 aromatic heterocycles. The Bertz CT molecular complexity index is 751. The first kappa shape index (κ1) is 17.2. The van der Waals surface area contributed by atoms with Crippen molar-refractivity contribution in [3.63, 3.8) is 0 Å². The normalized spacial score (nSPS) is 22.0. The highest BCUT2D eigenvalue weighted by molar-refractivity contribution is 5.93. The molecule has 6 heteroatoms. The quantitative estimate of drug-likeness (QED) is 0.843. The summed E-state index contributed by atoms with van der Waals surface area (Å²) >= 11 is 0. The maximum atomic E-state index is 12.4. The van der Waals surface area contributed by atoms with Crippen molar-refractivity contribution in [2.45, 2.75) is 44.5 Å². The van der Waals surface area contributed by atoms with Gasteiger partial charge in [0, 0.05) is 25.2 Å². The second-order valence-electron chi connectivity index (χ2n) is 7.21. The largest absolute Gasteiger partial charge is 0.472 e. The predicted octanol–water partition coefficient (Wildman–Crippen LogP) is 2.96. The molecule has 0 radical (unpaired) electrons. The van der Waals surface area contributed by atoms with E-state index in [-0.39, 0.29) is 17.6 Å². The lowest BCUT2D eigenvalue weighted by molar-refractivity contribution is -0.0413. The Kier molecular flexibility index (Phi) is 4.78. The van der Waals surface area contributed by atoms with Crippen LogP contribution in [0.3, 0.4) is 0 Å². The zero-order valence-corrected chi connectivity index (χ0v) is 15.0. The van der Waals surface area contributed by atoms with Crippen LogP contribution in [0.4, 0.5) is 0 Å². The maximum Gasteiger partial charge on any atom is 0.257 e. The number of hydrogen-bond donors (Lipinski definition) is 0. The smallest absolute Gasteiger partial charge is 0.257 e. The molecule has 0 N–H and O–H groups in total. The summed E-state index contributed by atoms with van der Waals surface area (Å²) in [5.74, 6) is 0.0323. The predicted molar refractivity (Wildman–Crippen MR) is 94.7 cm³/mol. The lowest BCUT2D eigenvalue weighted by Gasteiger charge is -2.38. The highest BCUT2D eigenvalue weighted by Crippen LogP contribution is 2.37. The minimum Gasteiger partial charge on any atom is -0.472 e. The van der Waals surface area contributed by atoms with Crippen LogP contribution in [0.15, 0.2) is 41.2 Å². The Morgan fingerprint density at radius 3 is 2.92 bits per heavy atom. The fourth-order valence-corrected chi connectivity index (χ4v) is 3.83. The van der Waals surface area contributed by atoms with Gasteiger partial charge in [0.25, 0.3) is 5.91 Å². The highest BCUT2D eigenvalue weighted by atomic mass is 16.6. The molecule has 2 fully saturated rings. The van der Waals surface area contributed by atoms with Gasteiger partial charge in [-0.25, -0.2) is 0 Å². The van der Waals surface area contributed by atoms with E-state index in [9.17, 15) is 4.79 Å². The molecule has 0 bridgehead atoms. The van der Waals surface area contributed by atoms with Gasteiger partial charge in [0.15, 0.2) is 0 Å². The van der Waals surface area contributed by atoms with Crippen molar-refractivity contribution in [1.82, 2.24) is 9.88 Å².